The van der Waals surface area contributed by atoms with Crippen molar-refractivity contribution in [1.29, 1.82) is 0 Å². The number of rotatable bonds is 6. The summed E-state index contributed by atoms with van der Waals surface area (Å²) in [4.78, 5) is 17.4. The van der Waals surface area contributed by atoms with Crippen molar-refractivity contribution in [2.75, 3.05) is 5.32 Å². The van der Waals surface area contributed by atoms with Crippen molar-refractivity contribution in [1.82, 2.24) is 4.98 Å². The molecule has 4 aromatic carbocycles. The first-order valence-electron chi connectivity index (χ1n) is 10.3. The molecule has 5 heteroatoms. The third-order valence-electron chi connectivity index (χ3n) is 5.00. The van der Waals surface area contributed by atoms with Gasteiger partial charge in [0, 0.05) is 16.8 Å². The summed E-state index contributed by atoms with van der Waals surface area (Å²) in [7, 11) is 0. The molecular weight excluding hydrogens is 400 g/mol. The minimum absolute atomic E-state index is 0.193. The van der Waals surface area contributed by atoms with Gasteiger partial charge in [0.25, 0.3) is 5.91 Å². The van der Waals surface area contributed by atoms with Crippen molar-refractivity contribution in [2.24, 2.45) is 0 Å². The van der Waals surface area contributed by atoms with E-state index in [-0.39, 0.29) is 5.91 Å². The van der Waals surface area contributed by atoms with Gasteiger partial charge in [0.1, 0.15) is 17.9 Å². The average molecular weight is 420 g/mol. The molecule has 0 saturated heterocycles. The zero-order chi connectivity index (χ0) is 21.8. The maximum absolute atomic E-state index is 12.8. The highest BCUT2D eigenvalue weighted by Crippen LogP contribution is 2.26. The van der Waals surface area contributed by atoms with Crippen molar-refractivity contribution in [2.45, 2.75) is 6.61 Å². The van der Waals surface area contributed by atoms with Crippen LogP contribution in [0.5, 0.6) is 5.75 Å². The summed E-state index contributed by atoms with van der Waals surface area (Å²) in [5.74, 6) is 1.11. The van der Waals surface area contributed by atoms with E-state index in [0.717, 1.165) is 28.0 Å². The number of hydrogen-bond donors (Lipinski definition) is 1. The summed E-state index contributed by atoms with van der Waals surface area (Å²) in [5.41, 5.74) is 4.47. The maximum atomic E-state index is 12.8. The van der Waals surface area contributed by atoms with Gasteiger partial charge in [-0.2, -0.15) is 0 Å². The van der Waals surface area contributed by atoms with Crippen LogP contribution >= 0.6 is 0 Å². The zero-order valence-corrected chi connectivity index (χ0v) is 17.2. The molecule has 1 N–H and O–H groups in total. The number of carbonyl (C=O) groups excluding carboxylic acids is 1. The SMILES string of the molecule is O=C(Nc1cccc(-c2nc3ccccc3o2)c1)c1cccc(COc2ccccc2)c1. The molecule has 0 spiro atoms. The van der Waals surface area contributed by atoms with Gasteiger partial charge in [-0.1, -0.05) is 48.5 Å². The molecule has 0 radical (unpaired) electrons. The highest BCUT2D eigenvalue weighted by atomic mass is 16.5. The van der Waals surface area contributed by atoms with Crippen molar-refractivity contribution in [3.8, 4) is 17.2 Å². The van der Waals surface area contributed by atoms with E-state index in [9.17, 15) is 4.79 Å². The zero-order valence-electron chi connectivity index (χ0n) is 17.2. The molecule has 5 nitrogen and oxygen atoms in total. The van der Waals surface area contributed by atoms with E-state index in [1.165, 1.54) is 0 Å². The number of oxazole rings is 1. The number of aromatic nitrogens is 1. The second-order valence-corrected chi connectivity index (χ2v) is 7.32. The van der Waals surface area contributed by atoms with Gasteiger partial charge < -0.3 is 14.5 Å². The Labute approximate surface area is 185 Å². The largest absolute Gasteiger partial charge is 0.489 e. The van der Waals surface area contributed by atoms with Crippen LogP contribution in [0.2, 0.25) is 0 Å². The number of anilines is 1. The topological polar surface area (TPSA) is 64.4 Å². The van der Waals surface area contributed by atoms with Gasteiger partial charge in [0.2, 0.25) is 5.89 Å². The number of nitrogens with zero attached hydrogens (tertiary/aromatic N) is 1. The molecule has 0 bridgehead atoms. The fraction of sp³-hybridized carbons (Fsp3) is 0.0370. The molecule has 5 aromatic rings. The molecule has 0 aliphatic carbocycles. The number of carbonyl (C=O) groups is 1. The smallest absolute Gasteiger partial charge is 0.255 e. The first kappa shape index (κ1) is 19.6. The molecule has 0 fully saturated rings. The molecule has 0 atom stereocenters. The Hall–Kier alpha value is -4.38. The van der Waals surface area contributed by atoms with Crippen LogP contribution in [0.25, 0.3) is 22.6 Å². The Morgan fingerprint density at radius 2 is 1.66 bits per heavy atom. The minimum atomic E-state index is -0.193. The van der Waals surface area contributed by atoms with Crippen LogP contribution in [0.4, 0.5) is 5.69 Å². The Morgan fingerprint density at radius 1 is 0.844 bits per heavy atom. The predicted molar refractivity (Wildman–Crippen MR) is 125 cm³/mol. The highest BCUT2D eigenvalue weighted by molar-refractivity contribution is 6.04. The quantitative estimate of drug-likeness (QED) is 0.349. The predicted octanol–water partition coefficient (Wildman–Crippen LogP) is 6.33. The van der Waals surface area contributed by atoms with E-state index in [2.05, 4.69) is 10.3 Å². The number of para-hydroxylation sites is 3. The summed E-state index contributed by atoms with van der Waals surface area (Å²) >= 11 is 0. The number of nitrogens with one attached hydrogen (secondary N) is 1. The number of hydrogen-bond acceptors (Lipinski definition) is 4. The highest BCUT2D eigenvalue weighted by Gasteiger charge is 2.11. The maximum Gasteiger partial charge on any atom is 0.255 e. The van der Waals surface area contributed by atoms with Crippen LogP contribution in [0, 0.1) is 0 Å². The molecule has 32 heavy (non-hydrogen) atoms. The average Bonchev–Trinajstić information content (AvgIpc) is 3.28. The fourth-order valence-electron chi connectivity index (χ4n) is 3.41. The van der Waals surface area contributed by atoms with Gasteiger partial charge in [-0.3, -0.25) is 4.79 Å². The first-order valence-corrected chi connectivity index (χ1v) is 10.3. The first-order chi connectivity index (χ1) is 15.7. The van der Waals surface area contributed by atoms with Gasteiger partial charge in [0.15, 0.2) is 5.58 Å². The molecule has 5 rings (SSSR count). The van der Waals surface area contributed by atoms with E-state index in [0.29, 0.717) is 23.7 Å². The van der Waals surface area contributed by atoms with Crippen molar-refractivity contribution in [3.05, 3.63) is 114 Å². The van der Waals surface area contributed by atoms with Crippen LogP contribution in [0.15, 0.2) is 108 Å². The molecule has 0 saturated carbocycles. The lowest BCUT2D eigenvalue weighted by Gasteiger charge is -2.09. The summed E-state index contributed by atoms with van der Waals surface area (Å²) in [5, 5.41) is 2.95. The van der Waals surface area contributed by atoms with E-state index in [4.69, 9.17) is 9.15 Å². The van der Waals surface area contributed by atoms with Gasteiger partial charge >= 0.3 is 0 Å². The Balaban J connectivity index is 1.30. The lowest BCUT2D eigenvalue weighted by Crippen LogP contribution is -2.12. The Kier molecular flexibility index (Phi) is 5.37. The van der Waals surface area contributed by atoms with Crippen molar-refractivity contribution < 1.29 is 13.9 Å². The molecule has 156 valence electrons. The Morgan fingerprint density at radius 3 is 2.53 bits per heavy atom. The minimum Gasteiger partial charge on any atom is -0.489 e. The van der Waals surface area contributed by atoms with Crippen molar-refractivity contribution in [3.63, 3.8) is 0 Å². The van der Waals surface area contributed by atoms with Gasteiger partial charge in [-0.15, -0.1) is 0 Å². The standard InChI is InChI=1S/C27H20N2O3/c30-26(20-9-6-8-19(16-20)18-31-23-12-2-1-3-13-23)28-22-11-7-10-21(17-22)27-29-24-14-4-5-15-25(24)32-27/h1-17H,18H2,(H,28,30). The van der Waals surface area contributed by atoms with E-state index in [1.807, 2.05) is 97.1 Å². The molecule has 0 aliphatic rings. The third-order valence-corrected chi connectivity index (χ3v) is 5.00. The van der Waals surface area contributed by atoms with Crippen LogP contribution in [0.3, 0.4) is 0 Å². The third kappa shape index (κ3) is 4.37. The van der Waals surface area contributed by atoms with Crippen LogP contribution in [0.1, 0.15) is 15.9 Å². The summed E-state index contributed by atoms with van der Waals surface area (Å²) in [6, 6.07) is 32.1. The van der Waals surface area contributed by atoms with Crippen molar-refractivity contribution >= 4 is 22.7 Å². The molecule has 1 amide bonds. The van der Waals surface area contributed by atoms with Crippen LogP contribution < -0.4 is 10.1 Å². The van der Waals surface area contributed by atoms with Gasteiger partial charge in [-0.25, -0.2) is 4.98 Å². The number of benzene rings is 4. The van der Waals surface area contributed by atoms with E-state index in [1.54, 1.807) is 6.07 Å². The summed E-state index contributed by atoms with van der Waals surface area (Å²) in [6.45, 7) is 0.387. The summed E-state index contributed by atoms with van der Waals surface area (Å²) < 4.78 is 11.6. The molecule has 0 aliphatic heterocycles. The normalized spacial score (nSPS) is 10.8. The van der Waals surface area contributed by atoms with Crippen LogP contribution in [-0.2, 0) is 6.61 Å². The fourth-order valence-corrected chi connectivity index (χ4v) is 3.41. The van der Waals surface area contributed by atoms with E-state index >= 15 is 0 Å². The lowest BCUT2D eigenvalue weighted by molar-refractivity contribution is 0.102. The van der Waals surface area contributed by atoms with Gasteiger partial charge in [0.05, 0.1) is 0 Å². The lowest BCUT2D eigenvalue weighted by atomic mass is 10.1. The second kappa shape index (κ2) is 8.78. The van der Waals surface area contributed by atoms with Crippen LogP contribution in [-0.4, -0.2) is 10.9 Å². The molecule has 1 heterocycles. The van der Waals surface area contributed by atoms with E-state index < -0.39 is 0 Å². The molecule has 0 unspecified atom stereocenters. The molecule has 1 aromatic heterocycles. The monoisotopic (exact) mass is 420 g/mol. The summed E-state index contributed by atoms with van der Waals surface area (Å²) in [6.07, 6.45) is 0. The molecular formula is C27H20N2O3. The number of ether oxygens (including phenoxy) is 1. The van der Waals surface area contributed by atoms with Gasteiger partial charge in [-0.05, 0) is 60.2 Å². The Bertz CT molecular complexity index is 1340. The second-order valence-electron chi connectivity index (χ2n) is 7.32. The number of fused-ring (bicyclic) bond motifs is 1. The number of amides is 1.